The van der Waals surface area contributed by atoms with Gasteiger partial charge in [-0.25, -0.2) is 0 Å². The van der Waals surface area contributed by atoms with E-state index in [1.165, 1.54) is 4.90 Å². The summed E-state index contributed by atoms with van der Waals surface area (Å²) in [7, 11) is 3.14. The fourth-order valence-electron chi connectivity index (χ4n) is 2.66. The van der Waals surface area contributed by atoms with E-state index in [0.29, 0.717) is 22.5 Å². The molecule has 2 amide bonds. The van der Waals surface area contributed by atoms with Gasteiger partial charge in [0.15, 0.2) is 6.10 Å². The number of anilines is 2. The second kappa shape index (κ2) is 8.24. The molecule has 3 rings (SSSR count). The Labute approximate surface area is 167 Å². The van der Waals surface area contributed by atoms with Crippen LogP contribution in [-0.4, -0.2) is 35.9 Å². The largest absolute Gasteiger partial charge is 0.397 e. The van der Waals surface area contributed by atoms with Crippen molar-refractivity contribution >= 4 is 34.5 Å². The number of hydrogen-bond donors (Lipinski definition) is 3. The number of thiophene rings is 1. The first-order valence-electron chi connectivity index (χ1n) is 8.61. The number of hydrogen-bond acceptors (Lipinski definition) is 5. The topological polar surface area (TPSA) is 95.7 Å². The van der Waals surface area contributed by atoms with Crippen LogP contribution in [0, 0.1) is 0 Å². The molecular weight excluding hydrogens is 374 g/mol. The third-order valence-corrected chi connectivity index (χ3v) is 5.19. The minimum atomic E-state index is -1.26. The van der Waals surface area contributed by atoms with E-state index in [4.69, 9.17) is 5.73 Å². The van der Waals surface area contributed by atoms with Crippen molar-refractivity contribution in [2.24, 2.45) is 0 Å². The minimum Gasteiger partial charge on any atom is -0.397 e. The SMILES string of the molecule is CN(C)C(=O)C(O)c1ccc(C(=O)Nc2cc(-c3cccs3)ccc2N)cc1. The van der Waals surface area contributed by atoms with E-state index in [9.17, 15) is 14.7 Å². The third-order valence-electron chi connectivity index (χ3n) is 4.27. The van der Waals surface area contributed by atoms with Gasteiger partial charge in [0.25, 0.3) is 11.8 Å². The first-order valence-corrected chi connectivity index (χ1v) is 9.48. The Morgan fingerprint density at radius 3 is 2.43 bits per heavy atom. The second-order valence-electron chi connectivity index (χ2n) is 6.49. The van der Waals surface area contributed by atoms with Gasteiger partial charge in [-0.15, -0.1) is 11.3 Å². The molecule has 0 radical (unpaired) electrons. The highest BCUT2D eigenvalue weighted by Gasteiger charge is 2.19. The highest BCUT2D eigenvalue weighted by molar-refractivity contribution is 7.13. The molecule has 0 spiro atoms. The number of amides is 2. The number of nitrogens with one attached hydrogen (secondary N) is 1. The molecule has 0 aliphatic carbocycles. The Morgan fingerprint density at radius 2 is 1.82 bits per heavy atom. The zero-order valence-corrected chi connectivity index (χ0v) is 16.4. The van der Waals surface area contributed by atoms with Crippen molar-refractivity contribution in [3.05, 3.63) is 71.1 Å². The summed E-state index contributed by atoms with van der Waals surface area (Å²) in [6, 6.07) is 15.7. The number of carbonyl (C=O) groups excluding carboxylic acids is 2. The van der Waals surface area contributed by atoms with Crippen molar-refractivity contribution in [1.29, 1.82) is 0 Å². The van der Waals surface area contributed by atoms with E-state index >= 15 is 0 Å². The van der Waals surface area contributed by atoms with Gasteiger partial charge in [-0.05, 0) is 46.8 Å². The molecule has 0 aliphatic heterocycles. The van der Waals surface area contributed by atoms with Crippen LogP contribution in [0.25, 0.3) is 10.4 Å². The van der Waals surface area contributed by atoms with Gasteiger partial charge in [0.05, 0.1) is 11.4 Å². The highest BCUT2D eigenvalue weighted by atomic mass is 32.1. The molecule has 6 nitrogen and oxygen atoms in total. The fourth-order valence-corrected chi connectivity index (χ4v) is 3.38. The molecule has 4 N–H and O–H groups in total. The molecule has 0 saturated carbocycles. The predicted molar refractivity (Wildman–Crippen MR) is 112 cm³/mol. The molecule has 1 aromatic heterocycles. The number of likely N-dealkylation sites (N-methyl/N-ethyl adjacent to an activating group) is 1. The van der Waals surface area contributed by atoms with Gasteiger partial charge in [0.1, 0.15) is 0 Å². The van der Waals surface area contributed by atoms with Gasteiger partial charge in [-0.1, -0.05) is 24.3 Å². The lowest BCUT2D eigenvalue weighted by Crippen LogP contribution is -2.28. The van der Waals surface area contributed by atoms with Gasteiger partial charge >= 0.3 is 0 Å². The summed E-state index contributed by atoms with van der Waals surface area (Å²) in [5.41, 5.74) is 8.80. The first-order chi connectivity index (χ1) is 13.4. The number of benzene rings is 2. The maximum absolute atomic E-state index is 12.6. The number of nitrogens with two attached hydrogens (primary N) is 1. The summed E-state index contributed by atoms with van der Waals surface area (Å²) >= 11 is 1.61. The molecule has 2 aromatic carbocycles. The molecular formula is C21H21N3O3S. The van der Waals surface area contributed by atoms with Gasteiger partial charge in [0.2, 0.25) is 0 Å². The van der Waals surface area contributed by atoms with Crippen LogP contribution in [0.1, 0.15) is 22.0 Å². The lowest BCUT2D eigenvalue weighted by Gasteiger charge is -2.16. The number of aliphatic hydroxyl groups excluding tert-OH is 1. The zero-order valence-electron chi connectivity index (χ0n) is 15.5. The number of nitrogen functional groups attached to an aromatic ring is 1. The van der Waals surface area contributed by atoms with Crippen molar-refractivity contribution in [2.45, 2.75) is 6.10 Å². The normalized spacial score (nSPS) is 11.7. The van der Waals surface area contributed by atoms with E-state index in [-0.39, 0.29) is 5.91 Å². The Morgan fingerprint density at radius 1 is 1.11 bits per heavy atom. The Hall–Kier alpha value is -3.16. The summed E-state index contributed by atoms with van der Waals surface area (Å²) in [5.74, 6) is -0.745. The maximum Gasteiger partial charge on any atom is 0.255 e. The fraction of sp³-hybridized carbons (Fsp3) is 0.143. The molecule has 28 heavy (non-hydrogen) atoms. The van der Waals surface area contributed by atoms with E-state index < -0.39 is 12.0 Å². The number of rotatable bonds is 5. The molecule has 0 fully saturated rings. The van der Waals surface area contributed by atoms with Gasteiger partial charge in [0, 0.05) is 24.5 Å². The number of nitrogens with zero attached hydrogens (tertiary/aromatic N) is 1. The lowest BCUT2D eigenvalue weighted by atomic mass is 10.1. The molecule has 1 unspecified atom stereocenters. The van der Waals surface area contributed by atoms with Crippen LogP contribution in [0.5, 0.6) is 0 Å². The van der Waals surface area contributed by atoms with Gasteiger partial charge in [-0.3, -0.25) is 9.59 Å². The summed E-state index contributed by atoms with van der Waals surface area (Å²) < 4.78 is 0. The van der Waals surface area contributed by atoms with Crippen LogP contribution in [0.15, 0.2) is 60.0 Å². The molecule has 144 valence electrons. The molecule has 0 bridgehead atoms. The van der Waals surface area contributed by atoms with Crippen molar-refractivity contribution < 1.29 is 14.7 Å². The van der Waals surface area contributed by atoms with E-state index in [1.807, 2.05) is 29.6 Å². The monoisotopic (exact) mass is 395 g/mol. The molecule has 0 saturated heterocycles. The molecule has 0 aliphatic rings. The van der Waals surface area contributed by atoms with E-state index in [2.05, 4.69) is 5.32 Å². The maximum atomic E-state index is 12.6. The molecule has 7 heteroatoms. The van der Waals surface area contributed by atoms with Crippen molar-refractivity contribution in [1.82, 2.24) is 4.90 Å². The third kappa shape index (κ3) is 4.21. The van der Waals surface area contributed by atoms with Gasteiger partial charge < -0.3 is 21.1 Å². The quantitative estimate of drug-likeness (QED) is 0.577. The van der Waals surface area contributed by atoms with Crippen LogP contribution in [0.3, 0.4) is 0 Å². The van der Waals surface area contributed by atoms with Crippen LogP contribution >= 0.6 is 11.3 Å². The first kappa shape index (κ1) is 19.6. The average Bonchev–Trinajstić information content (AvgIpc) is 3.23. The summed E-state index contributed by atoms with van der Waals surface area (Å²) in [4.78, 5) is 26.8. The van der Waals surface area contributed by atoms with Crippen molar-refractivity contribution in [3.8, 4) is 10.4 Å². The second-order valence-corrected chi connectivity index (χ2v) is 7.44. The zero-order chi connectivity index (χ0) is 20.3. The van der Waals surface area contributed by atoms with E-state index in [1.54, 1.807) is 55.8 Å². The van der Waals surface area contributed by atoms with Crippen LogP contribution in [0.4, 0.5) is 11.4 Å². The van der Waals surface area contributed by atoms with E-state index in [0.717, 1.165) is 10.4 Å². The summed E-state index contributed by atoms with van der Waals surface area (Å²) in [6.45, 7) is 0. The summed E-state index contributed by atoms with van der Waals surface area (Å²) in [5, 5.41) is 14.9. The minimum absolute atomic E-state index is 0.324. The Bertz CT molecular complexity index is 983. The molecule has 1 heterocycles. The Kier molecular flexibility index (Phi) is 5.77. The van der Waals surface area contributed by atoms with Crippen LogP contribution in [0.2, 0.25) is 0 Å². The Balaban J connectivity index is 1.76. The molecule has 1 atom stereocenters. The van der Waals surface area contributed by atoms with Gasteiger partial charge in [-0.2, -0.15) is 0 Å². The highest BCUT2D eigenvalue weighted by Crippen LogP contribution is 2.30. The number of aliphatic hydroxyl groups is 1. The van der Waals surface area contributed by atoms with Crippen molar-refractivity contribution in [2.75, 3.05) is 25.1 Å². The van der Waals surface area contributed by atoms with Crippen LogP contribution in [-0.2, 0) is 4.79 Å². The average molecular weight is 395 g/mol. The lowest BCUT2D eigenvalue weighted by molar-refractivity contribution is -0.137. The van der Waals surface area contributed by atoms with Crippen LogP contribution < -0.4 is 11.1 Å². The van der Waals surface area contributed by atoms with Crippen molar-refractivity contribution in [3.63, 3.8) is 0 Å². The standard InChI is InChI=1S/C21H21N3O3S/c1-24(2)21(27)19(25)13-5-7-14(8-6-13)20(26)23-17-12-15(9-10-16(17)22)18-4-3-11-28-18/h3-12,19,25H,22H2,1-2H3,(H,23,26). The summed E-state index contributed by atoms with van der Waals surface area (Å²) in [6.07, 6.45) is -1.26. The number of carbonyl (C=O) groups is 2. The smallest absolute Gasteiger partial charge is 0.255 e. The molecule has 3 aromatic rings. The predicted octanol–water partition coefficient (Wildman–Crippen LogP) is 3.37.